The molecule has 1 saturated heterocycles. The van der Waals surface area contributed by atoms with Gasteiger partial charge >= 0.3 is 0 Å². The number of rotatable bonds is 3. The Bertz CT molecular complexity index is 725. The lowest BCUT2D eigenvalue weighted by Gasteiger charge is -2.26. The predicted molar refractivity (Wildman–Crippen MR) is 85.5 cm³/mol. The van der Waals surface area contributed by atoms with Crippen molar-refractivity contribution in [2.24, 2.45) is 0 Å². The molecule has 22 heavy (non-hydrogen) atoms. The molecule has 2 heterocycles. The number of ether oxygens (including phenoxy) is 1. The number of hydrogen-bond acceptors (Lipinski definition) is 4. The Hall–Kier alpha value is -2.17. The number of fused-ring (bicyclic) bond motifs is 1. The molecular weight excluding hydrogens is 276 g/mol. The van der Waals surface area contributed by atoms with Gasteiger partial charge in [0.25, 0.3) is 0 Å². The first-order valence-corrected chi connectivity index (χ1v) is 7.63. The summed E-state index contributed by atoms with van der Waals surface area (Å²) in [6.07, 6.45) is 0. The van der Waals surface area contributed by atoms with Crippen LogP contribution in [0.2, 0.25) is 0 Å². The average molecular weight is 294 g/mol. The van der Waals surface area contributed by atoms with E-state index in [0.29, 0.717) is 5.89 Å². The van der Waals surface area contributed by atoms with Crippen molar-refractivity contribution in [1.29, 1.82) is 0 Å². The molecule has 112 valence electrons. The smallest absolute Gasteiger partial charge is 0.227 e. The van der Waals surface area contributed by atoms with Crippen LogP contribution in [0.25, 0.3) is 22.6 Å². The normalized spacial score (nSPS) is 16.2. The van der Waals surface area contributed by atoms with Gasteiger partial charge in [0.05, 0.1) is 13.2 Å². The van der Waals surface area contributed by atoms with E-state index in [1.807, 2.05) is 24.3 Å². The molecule has 0 spiro atoms. The zero-order chi connectivity index (χ0) is 14.8. The Morgan fingerprint density at radius 3 is 2.50 bits per heavy atom. The fraction of sp³-hybridized carbons (Fsp3) is 0.278. The van der Waals surface area contributed by atoms with Gasteiger partial charge in [-0.05, 0) is 29.8 Å². The predicted octanol–water partition coefficient (Wildman–Crippen LogP) is 3.33. The van der Waals surface area contributed by atoms with Crippen molar-refractivity contribution in [2.45, 2.75) is 6.54 Å². The minimum Gasteiger partial charge on any atom is -0.436 e. The summed E-state index contributed by atoms with van der Waals surface area (Å²) in [5, 5.41) is 0. The summed E-state index contributed by atoms with van der Waals surface area (Å²) in [6.45, 7) is 4.65. The summed E-state index contributed by atoms with van der Waals surface area (Å²) >= 11 is 0. The van der Waals surface area contributed by atoms with Crippen LogP contribution < -0.4 is 0 Å². The molecule has 3 aromatic rings. The van der Waals surface area contributed by atoms with E-state index in [1.165, 1.54) is 5.56 Å². The first-order chi connectivity index (χ1) is 10.9. The van der Waals surface area contributed by atoms with E-state index >= 15 is 0 Å². The van der Waals surface area contributed by atoms with E-state index in [4.69, 9.17) is 9.15 Å². The maximum Gasteiger partial charge on any atom is 0.227 e. The van der Waals surface area contributed by atoms with Crippen LogP contribution in [-0.4, -0.2) is 36.2 Å². The lowest BCUT2D eigenvalue weighted by Crippen LogP contribution is -2.35. The van der Waals surface area contributed by atoms with Crippen molar-refractivity contribution in [1.82, 2.24) is 9.88 Å². The largest absolute Gasteiger partial charge is 0.436 e. The van der Waals surface area contributed by atoms with Gasteiger partial charge in [-0.25, -0.2) is 4.98 Å². The molecule has 0 N–H and O–H groups in total. The van der Waals surface area contributed by atoms with Gasteiger partial charge < -0.3 is 9.15 Å². The number of nitrogens with zero attached hydrogens (tertiary/aromatic N) is 2. The molecule has 1 aromatic heterocycles. The number of hydrogen-bond donors (Lipinski definition) is 0. The highest BCUT2D eigenvalue weighted by Gasteiger charge is 2.11. The van der Waals surface area contributed by atoms with Crippen LogP contribution in [0.15, 0.2) is 52.9 Å². The lowest BCUT2D eigenvalue weighted by atomic mass is 10.1. The fourth-order valence-corrected chi connectivity index (χ4v) is 2.77. The Kier molecular flexibility index (Phi) is 3.62. The lowest BCUT2D eigenvalue weighted by molar-refractivity contribution is 0.0342. The minimum absolute atomic E-state index is 0.680. The third-order valence-corrected chi connectivity index (χ3v) is 4.00. The Labute approximate surface area is 129 Å². The van der Waals surface area contributed by atoms with E-state index in [0.717, 1.165) is 49.5 Å². The summed E-state index contributed by atoms with van der Waals surface area (Å²) in [7, 11) is 0. The zero-order valence-corrected chi connectivity index (χ0v) is 12.4. The second kappa shape index (κ2) is 5.91. The highest BCUT2D eigenvalue weighted by atomic mass is 16.5. The van der Waals surface area contributed by atoms with E-state index in [-0.39, 0.29) is 0 Å². The topological polar surface area (TPSA) is 38.5 Å². The van der Waals surface area contributed by atoms with Crippen LogP contribution in [-0.2, 0) is 11.3 Å². The molecule has 0 saturated carbocycles. The van der Waals surface area contributed by atoms with Crippen molar-refractivity contribution in [3.63, 3.8) is 0 Å². The summed E-state index contributed by atoms with van der Waals surface area (Å²) in [5.41, 5.74) is 4.05. The quantitative estimate of drug-likeness (QED) is 0.742. The summed E-state index contributed by atoms with van der Waals surface area (Å²) in [5.74, 6) is 0.680. The molecule has 4 rings (SSSR count). The molecule has 0 atom stereocenters. The van der Waals surface area contributed by atoms with Crippen LogP contribution in [0, 0.1) is 0 Å². The molecule has 0 amide bonds. The van der Waals surface area contributed by atoms with Crippen LogP contribution >= 0.6 is 0 Å². The van der Waals surface area contributed by atoms with Gasteiger partial charge in [-0.1, -0.05) is 24.3 Å². The highest BCUT2D eigenvalue weighted by molar-refractivity contribution is 5.75. The maximum absolute atomic E-state index is 5.81. The molecule has 1 aliphatic rings. The molecule has 0 radical (unpaired) electrons. The average Bonchev–Trinajstić information content (AvgIpc) is 3.00. The Morgan fingerprint density at radius 2 is 1.73 bits per heavy atom. The van der Waals surface area contributed by atoms with Gasteiger partial charge in [0.1, 0.15) is 5.52 Å². The van der Waals surface area contributed by atoms with Gasteiger partial charge in [-0.15, -0.1) is 0 Å². The molecule has 1 aliphatic heterocycles. The molecule has 4 heteroatoms. The van der Waals surface area contributed by atoms with Crippen LogP contribution in [0.5, 0.6) is 0 Å². The Morgan fingerprint density at radius 1 is 0.955 bits per heavy atom. The van der Waals surface area contributed by atoms with Gasteiger partial charge in [0.2, 0.25) is 5.89 Å². The Balaban J connectivity index is 1.53. The molecule has 0 unspecified atom stereocenters. The number of aromatic nitrogens is 1. The monoisotopic (exact) mass is 294 g/mol. The fourth-order valence-electron chi connectivity index (χ4n) is 2.77. The summed E-state index contributed by atoms with van der Waals surface area (Å²) in [4.78, 5) is 6.95. The number of para-hydroxylation sites is 2. The van der Waals surface area contributed by atoms with Gasteiger partial charge in [-0.2, -0.15) is 0 Å². The van der Waals surface area contributed by atoms with Crippen molar-refractivity contribution in [3.8, 4) is 11.5 Å². The maximum atomic E-state index is 5.81. The third-order valence-electron chi connectivity index (χ3n) is 4.00. The van der Waals surface area contributed by atoms with Gasteiger partial charge in [0.15, 0.2) is 5.58 Å². The van der Waals surface area contributed by atoms with E-state index in [1.54, 1.807) is 0 Å². The molecule has 0 bridgehead atoms. The SMILES string of the molecule is c1ccc2oc(-c3ccc(CN4CCOCC4)cc3)nc2c1. The molecular formula is C18H18N2O2. The standard InChI is InChI=1S/C18H18N2O2/c1-2-4-17-16(3-1)19-18(22-17)15-7-5-14(6-8-15)13-20-9-11-21-12-10-20/h1-8H,9-13H2. The van der Waals surface area contributed by atoms with Crippen molar-refractivity contribution < 1.29 is 9.15 Å². The van der Waals surface area contributed by atoms with Crippen LogP contribution in [0.3, 0.4) is 0 Å². The van der Waals surface area contributed by atoms with Crippen LogP contribution in [0.1, 0.15) is 5.56 Å². The zero-order valence-electron chi connectivity index (χ0n) is 12.4. The first kappa shape index (κ1) is 13.5. The van der Waals surface area contributed by atoms with E-state index in [2.05, 4.69) is 34.1 Å². The first-order valence-electron chi connectivity index (χ1n) is 7.63. The molecule has 0 aliphatic carbocycles. The summed E-state index contributed by atoms with van der Waals surface area (Å²) < 4.78 is 11.2. The molecule has 4 nitrogen and oxygen atoms in total. The second-order valence-electron chi connectivity index (χ2n) is 5.57. The minimum atomic E-state index is 0.680. The number of oxazole rings is 1. The molecule has 2 aromatic carbocycles. The van der Waals surface area contributed by atoms with E-state index in [9.17, 15) is 0 Å². The van der Waals surface area contributed by atoms with Gasteiger partial charge in [0, 0.05) is 25.2 Å². The third kappa shape index (κ3) is 2.75. The van der Waals surface area contributed by atoms with Crippen molar-refractivity contribution >= 4 is 11.1 Å². The van der Waals surface area contributed by atoms with Crippen molar-refractivity contribution in [2.75, 3.05) is 26.3 Å². The molecule has 1 fully saturated rings. The van der Waals surface area contributed by atoms with Crippen LogP contribution in [0.4, 0.5) is 0 Å². The summed E-state index contributed by atoms with van der Waals surface area (Å²) in [6, 6.07) is 16.3. The number of morpholine rings is 1. The van der Waals surface area contributed by atoms with E-state index < -0.39 is 0 Å². The second-order valence-corrected chi connectivity index (χ2v) is 5.57. The van der Waals surface area contributed by atoms with Gasteiger partial charge in [-0.3, -0.25) is 4.90 Å². The number of benzene rings is 2. The highest BCUT2D eigenvalue weighted by Crippen LogP contribution is 2.24. The van der Waals surface area contributed by atoms with Crippen molar-refractivity contribution in [3.05, 3.63) is 54.1 Å².